The molecule has 0 aliphatic heterocycles. The van der Waals surface area contributed by atoms with Crippen LogP contribution in [0.5, 0.6) is 0 Å². The van der Waals surface area contributed by atoms with E-state index in [1.807, 2.05) is 79.7 Å². The monoisotopic (exact) mass is 810 g/mol. The van der Waals surface area contributed by atoms with Gasteiger partial charge in [-0.25, -0.2) is 0 Å². The summed E-state index contributed by atoms with van der Waals surface area (Å²) in [5.41, 5.74) is 8.26. The first kappa shape index (κ1) is 47.6. The molecule has 48 heavy (non-hydrogen) atoms. The maximum absolute atomic E-state index is 10.7. The summed E-state index contributed by atoms with van der Waals surface area (Å²) in [4.78, 5) is 0. The molecule has 4 aliphatic rings. The summed E-state index contributed by atoms with van der Waals surface area (Å²) < 4.78 is 0. The van der Waals surface area contributed by atoms with Crippen molar-refractivity contribution in [3.05, 3.63) is 81.3 Å². The number of aryl methyl sites for hydroxylation is 4. The molecule has 2 radical (unpaired) electrons. The first-order chi connectivity index (χ1) is 22.3. The summed E-state index contributed by atoms with van der Waals surface area (Å²) >= 11 is 0. The van der Waals surface area contributed by atoms with Crippen LogP contribution in [0.3, 0.4) is 0 Å². The third kappa shape index (κ3) is 10.4. The Morgan fingerprint density at radius 3 is 1.17 bits per heavy atom. The minimum Gasteiger partial charge on any atom is -0.512 e. The minimum atomic E-state index is -0.508. The van der Waals surface area contributed by atoms with Crippen LogP contribution in [0.2, 0.25) is 0 Å². The van der Waals surface area contributed by atoms with E-state index in [-0.39, 0.29) is 89.1 Å². The van der Waals surface area contributed by atoms with Crippen molar-refractivity contribution in [3.63, 3.8) is 0 Å². The summed E-state index contributed by atoms with van der Waals surface area (Å²) in [5, 5.41) is 42.8. The molecule has 2 unspecified atom stereocenters. The van der Waals surface area contributed by atoms with Crippen molar-refractivity contribution in [1.82, 2.24) is 0 Å². The Morgan fingerprint density at radius 2 is 0.875 bits per heavy atom. The average Bonchev–Trinajstić information content (AvgIpc) is 3.51. The molecule has 2 saturated carbocycles. The quantitative estimate of drug-likeness (QED) is 0.232. The van der Waals surface area contributed by atoms with Gasteiger partial charge in [0.1, 0.15) is 0 Å². The predicted molar refractivity (Wildman–Crippen MR) is 195 cm³/mol. The van der Waals surface area contributed by atoms with E-state index in [0.717, 1.165) is 84.8 Å². The Labute approximate surface area is 344 Å². The van der Waals surface area contributed by atoms with Gasteiger partial charge in [-0.3, -0.25) is 0 Å². The zero-order valence-corrected chi connectivity index (χ0v) is 37.5. The topological polar surface area (TPSA) is 80.9 Å². The van der Waals surface area contributed by atoms with Gasteiger partial charge in [-0.05, 0) is 37.5 Å². The van der Waals surface area contributed by atoms with Crippen LogP contribution >= 0.6 is 0 Å². The molecule has 4 N–H and O–H groups in total. The number of aliphatic hydroxyl groups excluding tert-OH is 4. The van der Waals surface area contributed by atoms with E-state index < -0.39 is 12.2 Å². The van der Waals surface area contributed by atoms with Crippen LogP contribution in [-0.2, 0) is 78.3 Å². The second kappa shape index (κ2) is 24.0. The molecule has 0 heterocycles. The van der Waals surface area contributed by atoms with Crippen LogP contribution in [0, 0.1) is 49.7 Å². The normalized spacial score (nSPS) is 25.1. The van der Waals surface area contributed by atoms with Crippen molar-refractivity contribution in [2.75, 3.05) is 0 Å². The summed E-state index contributed by atoms with van der Waals surface area (Å²) in [5.74, 6) is 1.67. The number of fused-ring (bicyclic) bond motifs is 2. The number of benzene rings is 2. The van der Waals surface area contributed by atoms with Crippen LogP contribution in [-0.4, -0.2) is 32.6 Å². The third-order valence-corrected chi connectivity index (χ3v) is 10.1. The molecule has 0 bridgehead atoms. The Kier molecular flexibility index (Phi) is 23.8. The van der Waals surface area contributed by atoms with Crippen molar-refractivity contribution in [1.29, 1.82) is 0 Å². The fourth-order valence-corrected chi connectivity index (χ4v) is 8.09. The average molecular weight is 811 g/mol. The van der Waals surface area contributed by atoms with Crippen molar-refractivity contribution in [2.45, 2.75) is 146 Å². The van der Waals surface area contributed by atoms with E-state index >= 15 is 0 Å². The van der Waals surface area contributed by atoms with Gasteiger partial charge in [0.2, 0.25) is 0 Å². The van der Waals surface area contributed by atoms with Crippen LogP contribution in [0.1, 0.15) is 140 Å². The van der Waals surface area contributed by atoms with Gasteiger partial charge < -0.3 is 20.4 Å². The number of hydrogen-bond donors (Lipinski definition) is 4. The number of rotatable bonds is 4. The molecule has 4 nitrogen and oxygen atoms in total. The molecule has 6 atom stereocenters. The summed E-state index contributed by atoms with van der Waals surface area (Å²) in [6, 6.07) is 14.2. The van der Waals surface area contributed by atoms with E-state index in [4.69, 9.17) is 0 Å². The fourth-order valence-electron chi connectivity index (χ4n) is 8.09. The fraction of sp³-hybridized carbons (Fsp3) is 0.619. The second-order valence-electron chi connectivity index (χ2n) is 12.4. The molecule has 2 aromatic carbocycles. The van der Waals surface area contributed by atoms with Gasteiger partial charge in [0.05, 0.1) is 23.7 Å². The van der Waals surface area contributed by atoms with Gasteiger partial charge in [-0.1, -0.05) is 108 Å². The second-order valence-corrected chi connectivity index (χ2v) is 12.4. The summed E-state index contributed by atoms with van der Waals surface area (Å²) in [6.07, 6.45) is 9.50. The van der Waals surface area contributed by atoms with Crippen molar-refractivity contribution in [2.24, 2.45) is 23.7 Å². The summed E-state index contributed by atoms with van der Waals surface area (Å²) in [7, 11) is 0. The van der Waals surface area contributed by atoms with E-state index in [9.17, 15) is 20.4 Å². The van der Waals surface area contributed by atoms with Crippen LogP contribution < -0.4 is 0 Å². The zero-order chi connectivity index (χ0) is 34.6. The van der Waals surface area contributed by atoms with Gasteiger partial charge >= 0.3 is 0 Å². The number of allylic oxidation sites excluding steroid dienone is 2. The molecule has 6 heteroatoms. The van der Waals surface area contributed by atoms with Gasteiger partial charge in [-0.15, -0.1) is 22.3 Å². The Balaban J connectivity index is 0.000000769. The molecule has 0 amide bonds. The third-order valence-electron chi connectivity index (χ3n) is 10.1. The molecule has 0 spiro atoms. The van der Waals surface area contributed by atoms with Gasteiger partial charge in [0.25, 0.3) is 0 Å². The van der Waals surface area contributed by atoms with Crippen molar-refractivity contribution in [3.8, 4) is 0 Å². The van der Waals surface area contributed by atoms with Crippen LogP contribution in [0.4, 0.5) is 0 Å². The van der Waals surface area contributed by atoms with Gasteiger partial charge in [0, 0.05) is 88.4 Å². The molecule has 0 aromatic heterocycles. The zero-order valence-electron chi connectivity index (χ0n) is 31.8. The van der Waals surface area contributed by atoms with E-state index in [1.54, 1.807) is 0 Å². The molecular weight excluding hydrogens is 746 g/mol. The molecular formula is C42H64O4Y2-2. The van der Waals surface area contributed by atoms with Crippen LogP contribution in [0.25, 0.3) is 11.1 Å². The molecule has 2 fully saturated rings. The molecule has 2 aromatic rings. The SMILES string of the molecule is CC.CC.CC.CCc1c[c-]cc(C)c1C1=C(O)[C@@H]2CCCC[C@@H]2C1O.CCc1c[c-]cc(C)c1C1=C(O)[C@H]2CCCC[C@@H]2C1O.[Y].[Y]. The molecule has 0 saturated heterocycles. The predicted octanol–water partition coefficient (Wildman–Crippen LogP) is 10.7. The van der Waals surface area contributed by atoms with E-state index in [2.05, 4.69) is 26.0 Å². The standard InChI is InChI=1S/2C18H23O2.3C2H6.2Y/c2*1-3-12-8-6-7-11(2)15(12)16-17(19)13-9-4-5-10-14(13)18(16)20;3*1-2;;/h2*7-8,13-14,17,19-20H,3-5,9-10H2,1-2H3;3*1-2H3;;/q2*-1;;;;;/t13-,14+,17?;13-,14-,17?;;;;;/m00...../s1. The largest absolute Gasteiger partial charge is 0.512 e. The van der Waals surface area contributed by atoms with Gasteiger partial charge in [-0.2, -0.15) is 47.5 Å². The summed E-state index contributed by atoms with van der Waals surface area (Å²) in [6.45, 7) is 20.3. The Hall–Kier alpha value is -0.352. The van der Waals surface area contributed by atoms with Crippen LogP contribution in [0.15, 0.2) is 35.8 Å². The van der Waals surface area contributed by atoms with Crippen molar-refractivity contribution >= 4 is 11.1 Å². The van der Waals surface area contributed by atoms with Crippen molar-refractivity contribution < 1.29 is 85.8 Å². The maximum Gasteiger partial charge on any atom is 0.1000 e. The Bertz CT molecular complexity index is 1200. The van der Waals surface area contributed by atoms with Gasteiger partial charge in [0.15, 0.2) is 0 Å². The smallest absolute Gasteiger partial charge is 0.1000 e. The first-order valence-corrected chi connectivity index (χ1v) is 18.5. The minimum absolute atomic E-state index is 0. The molecule has 4 aliphatic carbocycles. The van der Waals surface area contributed by atoms with E-state index in [0.29, 0.717) is 11.5 Å². The number of hydrogen-bond acceptors (Lipinski definition) is 4. The molecule has 264 valence electrons. The first-order valence-electron chi connectivity index (χ1n) is 18.5. The molecule has 6 rings (SSSR count). The maximum atomic E-state index is 10.7. The Morgan fingerprint density at radius 1 is 0.562 bits per heavy atom. The number of aliphatic hydroxyl groups is 4. The van der Waals surface area contributed by atoms with E-state index in [1.165, 1.54) is 24.0 Å².